The first kappa shape index (κ1) is 19.8. The maximum absolute atomic E-state index is 12.4. The van der Waals surface area contributed by atoms with Crippen LogP contribution in [0.1, 0.15) is 33.6 Å². The molecular formula is C21H24N6O3. The molecule has 1 aliphatic rings. The number of rotatable bonds is 4. The molecule has 0 atom stereocenters. The van der Waals surface area contributed by atoms with Gasteiger partial charge in [-0.1, -0.05) is 0 Å². The monoisotopic (exact) mass is 408 g/mol. The molecule has 30 heavy (non-hydrogen) atoms. The summed E-state index contributed by atoms with van der Waals surface area (Å²) in [5.41, 5.74) is 2.06. The van der Waals surface area contributed by atoms with E-state index in [-0.39, 0.29) is 11.8 Å². The zero-order valence-electron chi connectivity index (χ0n) is 17.4. The predicted molar refractivity (Wildman–Crippen MR) is 113 cm³/mol. The number of amides is 2. The SMILES string of the molecule is Cn1cc(-c2cc(NC(=O)OC(C)(C)C)c3nnc(NC(=O)C4CC4)cc3c2)cn1. The van der Waals surface area contributed by atoms with Crippen LogP contribution in [0.2, 0.25) is 0 Å². The Balaban J connectivity index is 1.73. The van der Waals surface area contributed by atoms with Gasteiger partial charge in [0.2, 0.25) is 5.91 Å². The largest absolute Gasteiger partial charge is 0.444 e. The number of hydrogen-bond acceptors (Lipinski definition) is 6. The van der Waals surface area contributed by atoms with Gasteiger partial charge in [-0.25, -0.2) is 4.79 Å². The highest BCUT2D eigenvalue weighted by atomic mass is 16.6. The van der Waals surface area contributed by atoms with Crippen molar-refractivity contribution in [3.63, 3.8) is 0 Å². The van der Waals surface area contributed by atoms with Crippen LogP contribution in [0.4, 0.5) is 16.3 Å². The van der Waals surface area contributed by atoms with Gasteiger partial charge in [0.1, 0.15) is 11.1 Å². The van der Waals surface area contributed by atoms with Gasteiger partial charge in [0, 0.05) is 30.1 Å². The highest BCUT2D eigenvalue weighted by molar-refractivity contribution is 6.02. The molecule has 0 unspecified atom stereocenters. The summed E-state index contributed by atoms with van der Waals surface area (Å²) in [6.45, 7) is 5.39. The topological polar surface area (TPSA) is 111 Å². The van der Waals surface area contributed by atoms with E-state index in [1.165, 1.54) is 0 Å². The van der Waals surface area contributed by atoms with Crippen LogP contribution in [0.3, 0.4) is 0 Å². The molecule has 2 heterocycles. The minimum Gasteiger partial charge on any atom is -0.444 e. The van der Waals surface area contributed by atoms with Crippen molar-refractivity contribution in [3.05, 3.63) is 30.6 Å². The molecule has 0 aliphatic heterocycles. The Morgan fingerprint density at radius 2 is 1.87 bits per heavy atom. The van der Waals surface area contributed by atoms with Gasteiger partial charge in [-0.3, -0.25) is 14.8 Å². The van der Waals surface area contributed by atoms with Gasteiger partial charge in [-0.05, 0) is 57.4 Å². The predicted octanol–water partition coefficient (Wildman–Crippen LogP) is 3.73. The Labute approximate surface area is 173 Å². The average Bonchev–Trinajstić information content (AvgIpc) is 3.41. The summed E-state index contributed by atoms with van der Waals surface area (Å²) in [4.78, 5) is 24.4. The summed E-state index contributed by atoms with van der Waals surface area (Å²) in [7, 11) is 1.83. The number of aryl methyl sites for hydroxylation is 1. The minimum atomic E-state index is -0.632. The van der Waals surface area contributed by atoms with E-state index >= 15 is 0 Å². The number of anilines is 2. The van der Waals surface area contributed by atoms with E-state index in [0.29, 0.717) is 17.0 Å². The van der Waals surface area contributed by atoms with E-state index in [4.69, 9.17) is 4.74 Å². The molecule has 0 radical (unpaired) electrons. The number of hydrogen-bond donors (Lipinski definition) is 2. The number of carbonyl (C=O) groups excluding carboxylic acids is 2. The van der Waals surface area contributed by atoms with Crippen LogP contribution in [0.15, 0.2) is 30.6 Å². The lowest BCUT2D eigenvalue weighted by atomic mass is 10.0. The smallest absolute Gasteiger partial charge is 0.412 e. The second-order valence-corrected chi connectivity index (χ2v) is 8.48. The van der Waals surface area contributed by atoms with Gasteiger partial charge in [0.05, 0.1) is 11.9 Å². The van der Waals surface area contributed by atoms with Crippen LogP contribution in [-0.2, 0) is 16.6 Å². The molecule has 1 fully saturated rings. The molecule has 9 heteroatoms. The Morgan fingerprint density at radius 3 is 2.50 bits per heavy atom. The molecule has 4 rings (SSSR count). The van der Waals surface area contributed by atoms with E-state index in [1.807, 2.05) is 19.3 Å². The zero-order valence-corrected chi connectivity index (χ0v) is 17.4. The van der Waals surface area contributed by atoms with Crippen molar-refractivity contribution in [1.29, 1.82) is 0 Å². The minimum absolute atomic E-state index is 0.0424. The Kier molecular flexibility index (Phi) is 4.89. The molecule has 2 N–H and O–H groups in total. The number of fused-ring (bicyclic) bond motifs is 1. The summed E-state index contributed by atoms with van der Waals surface area (Å²) >= 11 is 0. The van der Waals surface area contributed by atoms with Crippen molar-refractivity contribution < 1.29 is 14.3 Å². The first-order valence-electron chi connectivity index (χ1n) is 9.79. The first-order valence-corrected chi connectivity index (χ1v) is 9.79. The van der Waals surface area contributed by atoms with E-state index in [1.54, 1.807) is 43.8 Å². The molecule has 9 nitrogen and oxygen atoms in total. The molecule has 0 spiro atoms. The highest BCUT2D eigenvalue weighted by Gasteiger charge is 2.30. The summed E-state index contributed by atoms with van der Waals surface area (Å²) in [6, 6.07) is 5.48. The standard InChI is InChI=1S/C21H24N6O3/c1-21(2,3)30-20(29)23-16-8-13(15-10-22-27(4)11-15)7-14-9-17(25-26-18(14)16)24-19(28)12-5-6-12/h7-12H,5-6H2,1-4H3,(H,23,29)(H,24,25,28). The van der Waals surface area contributed by atoms with Gasteiger partial charge >= 0.3 is 6.09 Å². The van der Waals surface area contributed by atoms with Crippen molar-refractivity contribution >= 4 is 34.4 Å². The fourth-order valence-corrected chi connectivity index (χ4v) is 3.04. The van der Waals surface area contributed by atoms with Crippen LogP contribution in [0, 0.1) is 5.92 Å². The molecule has 156 valence electrons. The van der Waals surface area contributed by atoms with E-state index < -0.39 is 11.7 Å². The zero-order chi connectivity index (χ0) is 21.5. The van der Waals surface area contributed by atoms with Crippen LogP contribution in [-0.4, -0.2) is 37.6 Å². The van der Waals surface area contributed by atoms with E-state index in [0.717, 1.165) is 29.4 Å². The molecule has 0 bridgehead atoms. The normalized spacial score (nSPS) is 13.9. The number of carbonyl (C=O) groups is 2. The Hall–Kier alpha value is -3.49. The third kappa shape index (κ3) is 4.56. The molecule has 1 saturated carbocycles. The summed E-state index contributed by atoms with van der Waals surface area (Å²) in [5, 5.41) is 18.9. The molecule has 2 aromatic heterocycles. The number of aromatic nitrogens is 4. The highest BCUT2D eigenvalue weighted by Crippen LogP contribution is 2.32. The number of benzene rings is 1. The Bertz CT molecular complexity index is 1130. The third-order valence-electron chi connectivity index (χ3n) is 4.56. The first-order chi connectivity index (χ1) is 14.2. The van der Waals surface area contributed by atoms with Crippen LogP contribution >= 0.6 is 0 Å². The maximum atomic E-state index is 12.4. The second kappa shape index (κ2) is 7.40. The fraction of sp³-hybridized carbons (Fsp3) is 0.381. The lowest BCUT2D eigenvalue weighted by Gasteiger charge is -2.20. The molecule has 0 saturated heterocycles. The molecular weight excluding hydrogens is 384 g/mol. The maximum Gasteiger partial charge on any atom is 0.412 e. The summed E-state index contributed by atoms with van der Waals surface area (Å²) < 4.78 is 7.08. The molecule has 3 aromatic rings. The fourth-order valence-electron chi connectivity index (χ4n) is 3.04. The number of nitrogens with zero attached hydrogens (tertiary/aromatic N) is 4. The van der Waals surface area contributed by atoms with Gasteiger partial charge < -0.3 is 10.1 Å². The van der Waals surface area contributed by atoms with Crippen molar-refractivity contribution in [3.8, 4) is 11.1 Å². The van der Waals surface area contributed by atoms with Gasteiger partial charge in [0.25, 0.3) is 0 Å². The van der Waals surface area contributed by atoms with Crippen LogP contribution in [0.25, 0.3) is 22.0 Å². The lowest BCUT2D eigenvalue weighted by molar-refractivity contribution is -0.117. The van der Waals surface area contributed by atoms with Crippen LogP contribution < -0.4 is 10.6 Å². The molecule has 2 amide bonds. The van der Waals surface area contributed by atoms with Gasteiger partial charge in [-0.2, -0.15) is 5.10 Å². The molecule has 1 aliphatic carbocycles. The van der Waals surface area contributed by atoms with E-state index in [2.05, 4.69) is 25.9 Å². The van der Waals surface area contributed by atoms with Crippen molar-refractivity contribution in [2.75, 3.05) is 10.6 Å². The third-order valence-corrected chi connectivity index (χ3v) is 4.56. The van der Waals surface area contributed by atoms with Crippen molar-refractivity contribution in [2.24, 2.45) is 13.0 Å². The Morgan fingerprint density at radius 1 is 1.10 bits per heavy atom. The van der Waals surface area contributed by atoms with Crippen molar-refractivity contribution in [1.82, 2.24) is 20.0 Å². The van der Waals surface area contributed by atoms with Gasteiger partial charge in [0.15, 0.2) is 5.82 Å². The van der Waals surface area contributed by atoms with E-state index in [9.17, 15) is 9.59 Å². The number of ether oxygens (including phenoxy) is 1. The molecule has 1 aromatic carbocycles. The average molecular weight is 408 g/mol. The summed E-state index contributed by atoms with van der Waals surface area (Å²) in [5.74, 6) is 0.402. The quantitative estimate of drug-likeness (QED) is 0.680. The lowest BCUT2D eigenvalue weighted by Crippen LogP contribution is -2.27. The van der Waals surface area contributed by atoms with Gasteiger partial charge in [-0.15, -0.1) is 10.2 Å². The van der Waals surface area contributed by atoms with Crippen molar-refractivity contribution in [2.45, 2.75) is 39.2 Å². The number of nitrogens with one attached hydrogen (secondary N) is 2. The second-order valence-electron chi connectivity index (χ2n) is 8.48. The summed E-state index contributed by atoms with van der Waals surface area (Å²) in [6.07, 6.45) is 4.84. The van der Waals surface area contributed by atoms with Crippen LogP contribution in [0.5, 0.6) is 0 Å².